The van der Waals surface area contributed by atoms with Crippen molar-refractivity contribution in [3.05, 3.63) is 81.0 Å². The predicted octanol–water partition coefficient (Wildman–Crippen LogP) is 2.07. The summed E-state index contributed by atoms with van der Waals surface area (Å²) in [5.41, 5.74) is 8.57. The number of nitrogens with two attached hydrogens (primary N) is 1. The van der Waals surface area contributed by atoms with Gasteiger partial charge in [-0.05, 0) is 30.2 Å². The van der Waals surface area contributed by atoms with Crippen molar-refractivity contribution in [2.24, 2.45) is 5.73 Å². The maximum atomic E-state index is 13.9. The molecule has 12 nitrogen and oxygen atoms in total. The number of carbonyl (C=O) groups excluding carboxylic acids is 2. The molecule has 5 rings (SSSR count). The first kappa shape index (κ1) is 30.6. The Labute approximate surface area is 254 Å². The summed E-state index contributed by atoms with van der Waals surface area (Å²) in [7, 11) is 0. The van der Waals surface area contributed by atoms with Crippen molar-refractivity contribution in [2.75, 3.05) is 52.5 Å². The highest BCUT2D eigenvalue weighted by Crippen LogP contribution is 2.33. The van der Waals surface area contributed by atoms with Crippen LogP contribution in [0.2, 0.25) is 5.02 Å². The Hall–Kier alpha value is -3.81. The molecule has 1 aromatic heterocycles. The van der Waals surface area contributed by atoms with Crippen molar-refractivity contribution >= 4 is 29.4 Å². The molecule has 43 heavy (non-hydrogen) atoms. The van der Waals surface area contributed by atoms with Crippen LogP contribution in [0.4, 0.5) is 0 Å². The molecule has 1 amide bonds. The maximum Gasteiger partial charge on any atom is 0.337 e. The largest absolute Gasteiger partial charge is 0.478 e. The molecule has 0 saturated carbocycles. The molecule has 0 aliphatic carbocycles. The first-order valence-corrected chi connectivity index (χ1v) is 14.5. The number of carboxylic acids is 1. The molecule has 0 spiro atoms. The van der Waals surface area contributed by atoms with E-state index in [1.165, 1.54) is 18.2 Å². The van der Waals surface area contributed by atoms with Crippen LogP contribution in [0.15, 0.2) is 42.5 Å². The van der Waals surface area contributed by atoms with Crippen LogP contribution in [0.1, 0.15) is 49.1 Å². The molecular formula is C30H35ClN6O6. The molecule has 2 aliphatic heterocycles. The Kier molecular flexibility index (Phi) is 9.73. The zero-order valence-electron chi connectivity index (χ0n) is 23.9. The molecule has 2 fully saturated rings. The van der Waals surface area contributed by atoms with Gasteiger partial charge in [-0.15, -0.1) is 0 Å². The van der Waals surface area contributed by atoms with E-state index in [9.17, 15) is 19.5 Å². The molecule has 228 valence electrons. The standard InChI is InChI=1S/C30H35ClN6O6/c1-19-27(24-16-33-9-10-36(24)17-25(38)35-11-13-42-14-12-35)34-37(28(39)22-3-2-4-23(26(22)31)30(40)41)29(19)43-18-21-7-5-20(15-32)6-8-21/h2-8,24,33H,9-18,32H2,1H3,(H,40,41). The summed E-state index contributed by atoms with van der Waals surface area (Å²) in [5.74, 6) is -1.65. The fraction of sp³-hybridized carbons (Fsp3) is 0.400. The molecule has 2 aliphatic rings. The number of aromatic nitrogens is 2. The summed E-state index contributed by atoms with van der Waals surface area (Å²) in [6.45, 7) is 6.55. The van der Waals surface area contributed by atoms with Crippen LogP contribution in [-0.2, 0) is 22.7 Å². The maximum absolute atomic E-state index is 13.9. The van der Waals surface area contributed by atoms with Gasteiger partial charge in [-0.2, -0.15) is 9.78 Å². The van der Waals surface area contributed by atoms with Crippen LogP contribution in [0, 0.1) is 6.92 Å². The molecule has 3 heterocycles. The lowest BCUT2D eigenvalue weighted by Crippen LogP contribution is -2.52. The van der Waals surface area contributed by atoms with Crippen LogP contribution in [-0.4, -0.2) is 95.0 Å². The number of aromatic carboxylic acids is 1. The van der Waals surface area contributed by atoms with Gasteiger partial charge in [-0.3, -0.25) is 14.5 Å². The van der Waals surface area contributed by atoms with Gasteiger partial charge in [0.15, 0.2) is 0 Å². The van der Waals surface area contributed by atoms with E-state index in [-0.39, 0.29) is 47.1 Å². The fourth-order valence-corrected chi connectivity index (χ4v) is 5.60. The average molecular weight is 611 g/mol. The number of benzene rings is 2. The van der Waals surface area contributed by atoms with E-state index in [4.69, 9.17) is 31.9 Å². The van der Waals surface area contributed by atoms with E-state index >= 15 is 0 Å². The SMILES string of the molecule is Cc1c(C2CNCCN2CC(=O)N2CCOCC2)nn(C(=O)c2cccc(C(=O)O)c2Cl)c1OCc1ccc(CN)cc1. The van der Waals surface area contributed by atoms with E-state index in [1.807, 2.05) is 31.2 Å². The van der Waals surface area contributed by atoms with Crippen LogP contribution < -0.4 is 15.8 Å². The van der Waals surface area contributed by atoms with Gasteiger partial charge in [-0.1, -0.05) is 41.9 Å². The molecule has 3 aromatic rings. The van der Waals surface area contributed by atoms with Crippen molar-refractivity contribution < 1.29 is 29.0 Å². The summed E-state index contributed by atoms with van der Waals surface area (Å²) >= 11 is 6.39. The van der Waals surface area contributed by atoms with E-state index in [1.54, 1.807) is 4.90 Å². The second kappa shape index (κ2) is 13.7. The highest BCUT2D eigenvalue weighted by atomic mass is 35.5. The third kappa shape index (κ3) is 6.73. The minimum Gasteiger partial charge on any atom is -0.478 e. The van der Waals surface area contributed by atoms with Gasteiger partial charge in [-0.25, -0.2) is 4.79 Å². The Morgan fingerprint density at radius 3 is 2.49 bits per heavy atom. The van der Waals surface area contributed by atoms with Crippen LogP contribution in [0.3, 0.4) is 0 Å². The number of morpholine rings is 1. The minimum absolute atomic E-state index is 0.0121. The lowest BCUT2D eigenvalue weighted by molar-refractivity contribution is -0.137. The van der Waals surface area contributed by atoms with Crippen molar-refractivity contribution in [1.82, 2.24) is 24.9 Å². The minimum atomic E-state index is -1.25. The van der Waals surface area contributed by atoms with Crippen LogP contribution >= 0.6 is 11.6 Å². The van der Waals surface area contributed by atoms with Crippen molar-refractivity contribution in [3.63, 3.8) is 0 Å². The van der Waals surface area contributed by atoms with Gasteiger partial charge in [0.05, 0.1) is 47.6 Å². The first-order valence-electron chi connectivity index (χ1n) is 14.2. The third-order valence-corrected chi connectivity index (χ3v) is 8.17. The van der Waals surface area contributed by atoms with Crippen LogP contribution in [0.5, 0.6) is 5.88 Å². The summed E-state index contributed by atoms with van der Waals surface area (Å²) in [6.07, 6.45) is 0. The molecule has 1 unspecified atom stereocenters. The van der Waals surface area contributed by atoms with Gasteiger partial charge < -0.3 is 30.5 Å². The smallest absolute Gasteiger partial charge is 0.337 e. The number of nitrogens with one attached hydrogen (secondary N) is 1. The van der Waals surface area contributed by atoms with Crippen molar-refractivity contribution in [3.8, 4) is 5.88 Å². The Balaban J connectivity index is 1.49. The quantitative estimate of drug-likeness (QED) is 0.328. The number of carbonyl (C=O) groups is 3. The van der Waals surface area contributed by atoms with E-state index in [2.05, 4.69) is 10.2 Å². The number of halogens is 1. The van der Waals surface area contributed by atoms with Crippen molar-refractivity contribution in [2.45, 2.75) is 26.1 Å². The van der Waals surface area contributed by atoms with Gasteiger partial charge in [0.25, 0.3) is 5.91 Å². The topological polar surface area (TPSA) is 152 Å². The Morgan fingerprint density at radius 2 is 1.79 bits per heavy atom. The normalized spacial score (nSPS) is 17.6. The number of nitrogens with zero attached hydrogens (tertiary/aromatic N) is 4. The molecular weight excluding hydrogens is 576 g/mol. The van der Waals surface area contributed by atoms with Crippen LogP contribution in [0.25, 0.3) is 0 Å². The molecule has 0 radical (unpaired) electrons. The van der Waals surface area contributed by atoms with Gasteiger partial charge in [0.1, 0.15) is 6.61 Å². The molecule has 13 heteroatoms. The monoisotopic (exact) mass is 610 g/mol. The van der Waals surface area contributed by atoms with Crippen molar-refractivity contribution in [1.29, 1.82) is 0 Å². The molecule has 1 atom stereocenters. The zero-order valence-corrected chi connectivity index (χ0v) is 24.7. The zero-order chi connectivity index (χ0) is 30.5. The third-order valence-electron chi connectivity index (χ3n) is 7.76. The lowest BCUT2D eigenvalue weighted by atomic mass is 10.1. The number of hydrogen-bond acceptors (Lipinski definition) is 9. The fourth-order valence-electron chi connectivity index (χ4n) is 5.31. The predicted molar refractivity (Wildman–Crippen MR) is 158 cm³/mol. The van der Waals surface area contributed by atoms with E-state index in [0.29, 0.717) is 63.7 Å². The first-order chi connectivity index (χ1) is 20.8. The average Bonchev–Trinajstić information content (AvgIpc) is 3.36. The summed E-state index contributed by atoms with van der Waals surface area (Å²) < 4.78 is 12.8. The second-order valence-electron chi connectivity index (χ2n) is 10.5. The number of rotatable bonds is 9. The lowest BCUT2D eigenvalue weighted by Gasteiger charge is -2.37. The van der Waals surface area contributed by atoms with Gasteiger partial charge in [0, 0.05) is 44.8 Å². The van der Waals surface area contributed by atoms with E-state index in [0.717, 1.165) is 15.8 Å². The molecule has 2 aromatic carbocycles. The summed E-state index contributed by atoms with van der Waals surface area (Å²) in [5, 5.41) is 17.5. The Bertz CT molecular complexity index is 1490. The number of hydrogen-bond donors (Lipinski definition) is 3. The highest BCUT2D eigenvalue weighted by Gasteiger charge is 2.34. The number of ether oxygens (including phenoxy) is 2. The second-order valence-corrected chi connectivity index (χ2v) is 10.9. The molecule has 4 N–H and O–H groups in total. The molecule has 0 bridgehead atoms. The van der Waals surface area contributed by atoms with Gasteiger partial charge in [0.2, 0.25) is 11.8 Å². The molecule has 2 saturated heterocycles. The highest BCUT2D eigenvalue weighted by molar-refractivity contribution is 6.36. The summed E-state index contributed by atoms with van der Waals surface area (Å²) in [4.78, 5) is 42.6. The number of amides is 1. The summed E-state index contributed by atoms with van der Waals surface area (Å²) in [6, 6.07) is 11.6. The number of piperazine rings is 1. The number of carboxylic acid groups (broad SMARTS) is 1. The Morgan fingerprint density at radius 1 is 1.09 bits per heavy atom. The van der Waals surface area contributed by atoms with E-state index < -0.39 is 11.9 Å². The van der Waals surface area contributed by atoms with Gasteiger partial charge >= 0.3 is 5.97 Å².